The second kappa shape index (κ2) is 8.41. The van der Waals surface area contributed by atoms with E-state index < -0.39 is 5.97 Å². The summed E-state index contributed by atoms with van der Waals surface area (Å²) in [5.41, 5.74) is 3.14. The summed E-state index contributed by atoms with van der Waals surface area (Å²) in [4.78, 5) is 25.0. The normalized spacial score (nSPS) is 13.9. The molecule has 0 atom stereocenters. The van der Waals surface area contributed by atoms with Crippen LogP contribution in [0.3, 0.4) is 0 Å². The lowest BCUT2D eigenvalue weighted by Gasteiger charge is -2.37. The van der Waals surface area contributed by atoms with E-state index in [1.807, 2.05) is 60.4 Å². The number of aromatic nitrogens is 2. The van der Waals surface area contributed by atoms with Gasteiger partial charge >= 0.3 is 5.97 Å². The van der Waals surface area contributed by atoms with Crippen molar-refractivity contribution in [3.05, 3.63) is 65.9 Å². The number of rotatable bonds is 5. The van der Waals surface area contributed by atoms with Gasteiger partial charge in [0.05, 0.1) is 12.8 Å². The number of carboxylic acids is 1. The Morgan fingerprint density at radius 3 is 2.47 bits per heavy atom. The van der Waals surface area contributed by atoms with Crippen LogP contribution in [0.15, 0.2) is 54.7 Å². The Kier molecular flexibility index (Phi) is 5.52. The highest BCUT2D eigenvalue weighted by molar-refractivity contribution is 5.93. The number of carbonyl (C=O) groups is 1. The van der Waals surface area contributed by atoms with Gasteiger partial charge in [-0.1, -0.05) is 35.9 Å². The molecule has 0 saturated carbocycles. The van der Waals surface area contributed by atoms with Gasteiger partial charge in [-0.25, -0.2) is 14.8 Å². The van der Waals surface area contributed by atoms with Gasteiger partial charge in [0, 0.05) is 37.9 Å². The molecule has 7 nitrogen and oxygen atoms in total. The third-order valence-corrected chi connectivity index (χ3v) is 5.28. The number of anilines is 2. The number of aryl methyl sites for hydroxylation is 1. The SMILES string of the molecule is COc1ccccc1N1CCN(c2nc(-c3cccc(C)c3)ncc2C(=O)O)CC1. The van der Waals surface area contributed by atoms with Crippen LogP contribution < -0.4 is 14.5 Å². The number of nitrogens with zero attached hydrogens (tertiary/aromatic N) is 4. The van der Waals surface area contributed by atoms with E-state index in [-0.39, 0.29) is 5.56 Å². The van der Waals surface area contributed by atoms with Gasteiger partial charge in [0.25, 0.3) is 0 Å². The molecule has 30 heavy (non-hydrogen) atoms. The molecule has 7 heteroatoms. The van der Waals surface area contributed by atoms with Gasteiger partial charge < -0.3 is 19.6 Å². The highest BCUT2D eigenvalue weighted by atomic mass is 16.5. The Hall–Kier alpha value is -3.61. The molecule has 0 spiro atoms. The lowest BCUT2D eigenvalue weighted by Crippen LogP contribution is -2.47. The van der Waals surface area contributed by atoms with E-state index in [9.17, 15) is 9.90 Å². The number of methoxy groups -OCH3 is 1. The number of carboxylic acid groups (broad SMARTS) is 1. The first kappa shape index (κ1) is 19.7. The predicted octanol–water partition coefficient (Wildman–Crippen LogP) is 3.49. The molecule has 2 heterocycles. The number of hydrogen-bond donors (Lipinski definition) is 1. The lowest BCUT2D eigenvalue weighted by molar-refractivity contribution is 0.0696. The Morgan fingerprint density at radius 1 is 1.03 bits per heavy atom. The van der Waals surface area contributed by atoms with E-state index in [1.165, 1.54) is 6.20 Å². The summed E-state index contributed by atoms with van der Waals surface area (Å²) in [5.74, 6) is 0.813. The highest BCUT2D eigenvalue weighted by Crippen LogP contribution is 2.30. The maximum atomic E-state index is 11.8. The highest BCUT2D eigenvalue weighted by Gasteiger charge is 2.25. The molecule has 1 aromatic heterocycles. The molecule has 1 N–H and O–H groups in total. The number of hydrogen-bond acceptors (Lipinski definition) is 6. The Bertz CT molecular complexity index is 1060. The van der Waals surface area contributed by atoms with Crippen LogP contribution in [0.25, 0.3) is 11.4 Å². The molecule has 1 fully saturated rings. The third-order valence-electron chi connectivity index (χ3n) is 5.28. The zero-order valence-corrected chi connectivity index (χ0v) is 17.1. The van der Waals surface area contributed by atoms with Crippen molar-refractivity contribution in [1.82, 2.24) is 9.97 Å². The van der Waals surface area contributed by atoms with Gasteiger partial charge in [0.1, 0.15) is 17.1 Å². The minimum atomic E-state index is -1.02. The van der Waals surface area contributed by atoms with Crippen molar-refractivity contribution in [1.29, 1.82) is 0 Å². The molecule has 154 valence electrons. The monoisotopic (exact) mass is 404 g/mol. The van der Waals surface area contributed by atoms with E-state index in [2.05, 4.69) is 14.9 Å². The molecule has 1 aliphatic heterocycles. The van der Waals surface area contributed by atoms with Crippen LogP contribution in [0.5, 0.6) is 5.75 Å². The summed E-state index contributed by atoms with van der Waals surface area (Å²) < 4.78 is 5.48. The first-order chi connectivity index (χ1) is 14.6. The summed E-state index contributed by atoms with van der Waals surface area (Å²) in [6, 6.07) is 15.8. The average molecular weight is 404 g/mol. The number of para-hydroxylation sites is 2. The van der Waals surface area contributed by atoms with E-state index in [0.29, 0.717) is 24.7 Å². The lowest BCUT2D eigenvalue weighted by atomic mass is 10.1. The zero-order valence-electron chi connectivity index (χ0n) is 17.1. The summed E-state index contributed by atoms with van der Waals surface area (Å²) in [6.45, 7) is 4.80. The van der Waals surface area contributed by atoms with E-state index >= 15 is 0 Å². The van der Waals surface area contributed by atoms with Gasteiger partial charge in [0.2, 0.25) is 0 Å². The van der Waals surface area contributed by atoms with Crippen LogP contribution in [-0.4, -0.2) is 54.3 Å². The summed E-state index contributed by atoms with van der Waals surface area (Å²) in [6.07, 6.45) is 1.41. The van der Waals surface area contributed by atoms with Crippen molar-refractivity contribution >= 4 is 17.5 Å². The van der Waals surface area contributed by atoms with Crippen LogP contribution in [0, 0.1) is 6.92 Å². The van der Waals surface area contributed by atoms with Crippen molar-refractivity contribution in [2.75, 3.05) is 43.1 Å². The van der Waals surface area contributed by atoms with Gasteiger partial charge in [-0.2, -0.15) is 0 Å². The van der Waals surface area contributed by atoms with E-state index in [1.54, 1.807) is 7.11 Å². The molecule has 0 radical (unpaired) electrons. The van der Waals surface area contributed by atoms with E-state index in [0.717, 1.165) is 35.7 Å². The average Bonchev–Trinajstić information content (AvgIpc) is 2.78. The van der Waals surface area contributed by atoms with Crippen molar-refractivity contribution in [3.63, 3.8) is 0 Å². The first-order valence-corrected chi connectivity index (χ1v) is 9.87. The molecule has 3 aromatic rings. The van der Waals surface area contributed by atoms with Crippen LogP contribution in [0.4, 0.5) is 11.5 Å². The number of benzene rings is 2. The Balaban J connectivity index is 1.60. The van der Waals surface area contributed by atoms with Crippen LogP contribution in [0.1, 0.15) is 15.9 Å². The molecule has 4 rings (SSSR count). The molecule has 0 amide bonds. The van der Waals surface area contributed by atoms with Gasteiger partial charge in [-0.05, 0) is 25.1 Å². The number of piperazine rings is 1. The fourth-order valence-electron chi connectivity index (χ4n) is 3.74. The zero-order chi connectivity index (χ0) is 21.1. The molecule has 0 bridgehead atoms. The minimum Gasteiger partial charge on any atom is -0.495 e. The quantitative estimate of drug-likeness (QED) is 0.697. The molecule has 1 aliphatic rings. The van der Waals surface area contributed by atoms with Crippen LogP contribution in [0.2, 0.25) is 0 Å². The minimum absolute atomic E-state index is 0.122. The van der Waals surface area contributed by atoms with Gasteiger partial charge in [0.15, 0.2) is 5.82 Å². The Labute approximate surface area is 175 Å². The smallest absolute Gasteiger partial charge is 0.341 e. The van der Waals surface area contributed by atoms with E-state index in [4.69, 9.17) is 4.74 Å². The maximum Gasteiger partial charge on any atom is 0.341 e. The van der Waals surface area contributed by atoms with Crippen LogP contribution >= 0.6 is 0 Å². The van der Waals surface area contributed by atoms with Gasteiger partial charge in [-0.15, -0.1) is 0 Å². The molecular weight excluding hydrogens is 380 g/mol. The van der Waals surface area contributed by atoms with Crippen LogP contribution in [-0.2, 0) is 0 Å². The fraction of sp³-hybridized carbons (Fsp3) is 0.261. The summed E-state index contributed by atoms with van der Waals surface area (Å²) >= 11 is 0. The molecule has 0 unspecified atom stereocenters. The Morgan fingerprint density at radius 2 is 1.77 bits per heavy atom. The first-order valence-electron chi connectivity index (χ1n) is 9.87. The molecule has 0 aliphatic carbocycles. The van der Waals surface area contributed by atoms with Crippen molar-refractivity contribution in [2.24, 2.45) is 0 Å². The topological polar surface area (TPSA) is 78.8 Å². The van der Waals surface area contributed by atoms with Gasteiger partial charge in [-0.3, -0.25) is 0 Å². The molecule has 2 aromatic carbocycles. The fourth-order valence-corrected chi connectivity index (χ4v) is 3.74. The maximum absolute atomic E-state index is 11.8. The second-order valence-electron chi connectivity index (χ2n) is 7.25. The predicted molar refractivity (Wildman–Crippen MR) is 117 cm³/mol. The summed E-state index contributed by atoms with van der Waals surface area (Å²) in [7, 11) is 1.67. The summed E-state index contributed by atoms with van der Waals surface area (Å²) in [5, 5.41) is 9.67. The number of aromatic carboxylic acids is 1. The third kappa shape index (κ3) is 3.91. The number of ether oxygens (including phenoxy) is 1. The molecule has 1 saturated heterocycles. The van der Waals surface area contributed by atoms with Crippen molar-refractivity contribution < 1.29 is 14.6 Å². The standard InChI is InChI=1S/C23H24N4O3/c1-16-6-5-7-17(14-16)21-24-15-18(23(28)29)22(25-21)27-12-10-26(11-13-27)19-8-3-4-9-20(19)30-2/h3-9,14-15H,10-13H2,1-2H3,(H,28,29). The second-order valence-corrected chi connectivity index (χ2v) is 7.25. The van der Waals surface area contributed by atoms with Crippen molar-refractivity contribution in [3.8, 4) is 17.1 Å². The molecular formula is C23H24N4O3. The van der Waals surface area contributed by atoms with Crippen molar-refractivity contribution in [2.45, 2.75) is 6.92 Å². The largest absolute Gasteiger partial charge is 0.495 e.